The molecule has 35 heavy (non-hydrogen) atoms. The summed E-state index contributed by atoms with van der Waals surface area (Å²) in [5.74, 6) is -1.05. The summed E-state index contributed by atoms with van der Waals surface area (Å²) in [7, 11) is 0. The number of fused-ring (bicyclic) bond motifs is 3. The summed E-state index contributed by atoms with van der Waals surface area (Å²) >= 11 is 0. The number of rotatable bonds is 7. The first kappa shape index (κ1) is 24.7. The molecule has 1 heterocycles. The average Bonchev–Trinajstić information content (AvgIpc) is 3.18. The lowest BCUT2D eigenvalue weighted by molar-refractivity contribution is -0.149. The van der Waals surface area contributed by atoms with Gasteiger partial charge in [0.25, 0.3) is 0 Å². The first-order valence-corrected chi connectivity index (χ1v) is 12.3. The van der Waals surface area contributed by atoms with Crippen molar-refractivity contribution in [2.45, 2.75) is 50.6 Å². The molecule has 0 spiro atoms. The summed E-state index contributed by atoms with van der Waals surface area (Å²) in [4.78, 5) is 38.1. The van der Waals surface area contributed by atoms with Crippen molar-refractivity contribution in [3.05, 3.63) is 59.7 Å². The molecule has 186 valence electrons. The van der Waals surface area contributed by atoms with Crippen LogP contribution in [0.15, 0.2) is 48.5 Å². The van der Waals surface area contributed by atoms with Crippen LogP contribution in [-0.4, -0.2) is 49.8 Å². The predicted octanol–water partition coefficient (Wildman–Crippen LogP) is 3.09. The SMILES string of the molecule is CCOC(=O)C1NC(=O)C(NC(=O)OCC2c3ccccc3-c3ccccc32)CCCC1CCN. The van der Waals surface area contributed by atoms with E-state index in [4.69, 9.17) is 15.2 Å². The van der Waals surface area contributed by atoms with Crippen molar-refractivity contribution in [1.29, 1.82) is 0 Å². The maximum atomic E-state index is 12.9. The van der Waals surface area contributed by atoms with E-state index in [2.05, 4.69) is 34.9 Å². The van der Waals surface area contributed by atoms with Gasteiger partial charge in [0.05, 0.1) is 6.61 Å². The summed E-state index contributed by atoms with van der Waals surface area (Å²) in [6.45, 7) is 2.53. The Bertz CT molecular complexity index is 1030. The molecule has 0 radical (unpaired) electrons. The Morgan fingerprint density at radius 1 is 1.03 bits per heavy atom. The minimum absolute atomic E-state index is 0.0653. The van der Waals surface area contributed by atoms with Gasteiger partial charge in [0, 0.05) is 5.92 Å². The molecule has 2 amide bonds. The Balaban J connectivity index is 1.39. The van der Waals surface area contributed by atoms with E-state index in [1.165, 1.54) is 0 Å². The van der Waals surface area contributed by atoms with Gasteiger partial charge in [-0.1, -0.05) is 55.0 Å². The minimum Gasteiger partial charge on any atom is -0.464 e. The summed E-state index contributed by atoms with van der Waals surface area (Å²) in [6.07, 6.45) is 1.77. The van der Waals surface area contributed by atoms with Gasteiger partial charge in [0.15, 0.2) is 0 Å². The zero-order chi connectivity index (χ0) is 24.8. The lowest BCUT2D eigenvalue weighted by Gasteiger charge is -2.31. The van der Waals surface area contributed by atoms with Crippen LogP contribution < -0.4 is 16.4 Å². The molecule has 1 aliphatic carbocycles. The van der Waals surface area contributed by atoms with Crippen LogP contribution in [0, 0.1) is 5.92 Å². The van der Waals surface area contributed by atoms with Crippen molar-refractivity contribution in [1.82, 2.24) is 10.6 Å². The number of carbonyl (C=O) groups is 3. The van der Waals surface area contributed by atoms with Crippen LogP contribution in [0.25, 0.3) is 11.1 Å². The van der Waals surface area contributed by atoms with Gasteiger partial charge in [0.2, 0.25) is 5.91 Å². The van der Waals surface area contributed by atoms with E-state index < -0.39 is 30.1 Å². The molecule has 4 rings (SSSR count). The molecule has 8 nitrogen and oxygen atoms in total. The summed E-state index contributed by atoms with van der Waals surface area (Å²) in [5.41, 5.74) is 10.3. The number of nitrogens with two attached hydrogens (primary N) is 1. The maximum absolute atomic E-state index is 12.9. The van der Waals surface area contributed by atoms with Crippen molar-refractivity contribution in [2.24, 2.45) is 11.7 Å². The molecular formula is C27H33N3O5. The average molecular weight is 480 g/mol. The monoisotopic (exact) mass is 479 g/mol. The third kappa shape index (κ3) is 5.48. The molecule has 2 aliphatic rings. The Hall–Kier alpha value is -3.39. The summed E-state index contributed by atoms with van der Waals surface area (Å²) in [6, 6.07) is 14.6. The van der Waals surface area contributed by atoms with E-state index >= 15 is 0 Å². The molecule has 1 aliphatic heterocycles. The third-order valence-electron chi connectivity index (χ3n) is 6.87. The molecule has 0 bridgehead atoms. The lowest BCUT2D eigenvalue weighted by atomic mass is 9.87. The van der Waals surface area contributed by atoms with Gasteiger partial charge >= 0.3 is 12.1 Å². The van der Waals surface area contributed by atoms with Crippen LogP contribution in [0.4, 0.5) is 4.79 Å². The number of esters is 1. The standard InChI is InChI=1S/C27H33N3O5/c1-2-34-26(32)24-17(14-15-28)8-7-13-23(25(31)30-24)29-27(33)35-16-22-20-11-5-3-9-18(20)19-10-4-6-12-21(19)22/h3-6,9-12,17,22-24H,2,7-8,13-16,28H2,1H3,(H,29,33)(H,30,31). The number of nitrogens with one attached hydrogen (secondary N) is 2. The number of carbonyl (C=O) groups excluding carboxylic acids is 3. The van der Waals surface area contributed by atoms with Gasteiger partial charge in [-0.15, -0.1) is 0 Å². The minimum atomic E-state index is -0.790. The van der Waals surface area contributed by atoms with Gasteiger partial charge in [0.1, 0.15) is 18.7 Å². The summed E-state index contributed by atoms with van der Waals surface area (Å²) < 4.78 is 10.8. The largest absolute Gasteiger partial charge is 0.464 e. The van der Waals surface area contributed by atoms with Gasteiger partial charge in [-0.25, -0.2) is 9.59 Å². The molecule has 1 fully saturated rings. The van der Waals surface area contributed by atoms with Crippen molar-refractivity contribution in [3.8, 4) is 11.1 Å². The van der Waals surface area contributed by atoms with Gasteiger partial charge < -0.3 is 25.8 Å². The highest BCUT2D eigenvalue weighted by molar-refractivity contribution is 5.90. The van der Waals surface area contributed by atoms with Gasteiger partial charge in [-0.3, -0.25) is 4.79 Å². The molecular weight excluding hydrogens is 446 g/mol. The molecule has 2 aromatic rings. The zero-order valence-corrected chi connectivity index (χ0v) is 20.0. The predicted molar refractivity (Wildman–Crippen MR) is 132 cm³/mol. The second-order valence-electron chi connectivity index (χ2n) is 9.03. The smallest absolute Gasteiger partial charge is 0.407 e. The van der Waals surface area contributed by atoms with E-state index in [0.717, 1.165) is 22.3 Å². The summed E-state index contributed by atoms with van der Waals surface area (Å²) in [5, 5.41) is 5.47. The highest BCUT2D eigenvalue weighted by Gasteiger charge is 2.36. The first-order chi connectivity index (χ1) is 17.0. The molecule has 0 aromatic heterocycles. The lowest BCUT2D eigenvalue weighted by Crippen LogP contribution is -2.55. The van der Waals surface area contributed by atoms with E-state index in [-0.39, 0.29) is 25.0 Å². The van der Waals surface area contributed by atoms with Crippen LogP contribution in [0.3, 0.4) is 0 Å². The molecule has 3 atom stereocenters. The second-order valence-corrected chi connectivity index (χ2v) is 9.03. The van der Waals surface area contributed by atoms with Crippen LogP contribution in [0.5, 0.6) is 0 Å². The maximum Gasteiger partial charge on any atom is 0.407 e. The quantitative estimate of drug-likeness (QED) is 0.525. The Morgan fingerprint density at radius 2 is 1.69 bits per heavy atom. The van der Waals surface area contributed by atoms with Crippen LogP contribution >= 0.6 is 0 Å². The van der Waals surface area contributed by atoms with E-state index in [0.29, 0.717) is 32.2 Å². The van der Waals surface area contributed by atoms with Crippen molar-refractivity contribution in [3.63, 3.8) is 0 Å². The fourth-order valence-electron chi connectivity index (χ4n) is 5.18. The number of amides is 2. The Kier molecular flexibility index (Phi) is 8.02. The first-order valence-electron chi connectivity index (χ1n) is 12.3. The number of ether oxygens (including phenoxy) is 2. The van der Waals surface area contributed by atoms with Crippen molar-refractivity contribution in [2.75, 3.05) is 19.8 Å². The molecule has 4 N–H and O–H groups in total. The van der Waals surface area contributed by atoms with Gasteiger partial charge in [-0.2, -0.15) is 0 Å². The second kappa shape index (κ2) is 11.4. The molecule has 1 saturated heterocycles. The van der Waals surface area contributed by atoms with Crippen LogP contribution in [0.2, 0.25) is 0 Å². The number of benzene rings is 2. The molecule has 0 saturated carbocycles. The highest BCUT2D eigenvalue weighted by Crippen LogP contribution is 2.44. The van der Waals surface area contributed by atoms with Crippen molar-refractivity contribution >= 4 is 18.0 Å². The Morgan fingerprint density at radius 3 is 2.31 bits per heavy atom. The van der Waals surface area contributed by atoms with Crippen LogP contribution in [0.1, 0.15) is 49.7 Å². The third-order valence-corrected chi connectivity index (χ3v) is 6.87. The van der Waals surface area contributed by atoms with Gasteiger partial charge in [-0.05, 0) is 60.9 Å². The molecule has 3 unspecified atom stereocenters. The normalized spacial score (nSPS) is 21.7. The number of hydrogen-bond donors (Lipinski definition) is 3. The van der Waals surface area contributed by atoms with E-state index in [1.807, 2.05) is 24.3 Å². The molecule has 8 heteroatoms. The van der Waals surface area contributed by atoms with Crippen molar-refractivity contribution < 1.29 is 23.9 Å². The Labute approximate surface area is 205 Å². The molecule has 2 aromatic carbocycles. The fraction of sp³-hybridized carbons (Fsp3) is 0.444. The van der Waals surface area contributed by atoms with E-state index in [1.54, 1.807) is 6.92 Å². The topological polar surface area (TPSA) is 120 Å². The fourth-order valence-corrected chi connectivity index (χ4v) is 5.18. The number of hydrogen-bond acceptors (Lipinski definition) is 6. The number of alkyl carbamates (subject to hydrolysis) is 1. The van der Waals surface area contributed by atoms with Crippen LogP contribution in [-0.2, 0) is 19.1 Å². The zero-order valence-electron chi connectivity index (χ0n) is 20.0. The van der Waals surface area contributed by atoms with E-state index in [9.17, 15) is 14.4 Å². The highest BCUT2D eigenvalue weighted by atomic mass is 16.5.